The minimum absolute atomic E-state index is 0.598. The zero-order valence-corrected chi connectivity index (χ0v) is 11.8. The molecule has 3 rings (SSSR count). The maximum absolute atomic E-state index is 10.6. The normalized spacial score (nSPS) is 12.5. The number of benzene rings is 3. The predicted molar refractivity (Wildman–Crippen MR) is 82.2 cm³/mol. The summed E-state index contributed by atoms with van der Waals surface area (Å²) in [6.07, 6.45) is -0.598. The molecule has 1 atom stereocenters. The van der Waals surface area contributed by atoms with Crippen molar-refractivity contribution in [2.45, 2.75) is 6.10 Å². The number of halogens is 1. The van der Waals surface area contributed by atoms with Gasteiger partial charge in [-0.25, -0.2) is 0 Å². The quantitative estimate of drug-likeness (QED) is 0.728. The second kappa shape index (κ2) is 5.16. The first-order valence-electron chi connectivity index (χ1n) is 6.17. The van der Waals surface area contributed by atoms with Crippen molar-refractivity contribution in [2.75, 3.05) is 0 Å². The molecule has 0 amide bonds. The molecular formula is C17H13BrO. The number of fused-ring (bicyclic) bond motifs is 1. The number of hydrogen-bond acceptors (Lipinski definition) is 1. The van der Waals surface area contributed by atoms with E-state index in [1.54, 1.807) is 0 Å². The van der Waals surface area contributed by atoms with Gasteiger partial charge in [0, 0.05) is 4.47 Å². The van der Waals surface area contributed by atoms with E-state index in [0.29, 0.717) is 0 Å². The van der Waals surface area contributed by atoms with Crippen molar-refractivity contribution in [1.82, 2.24) is 0 Å². The molecule has 0 aliphatic carbocycles. The fraction of sp³-hybridized carbons (Fsp3) is 0.0588. The van der Waals surface area contributed by atoms with Crippen LogP contribution < -0.4 is 0 Å². The second-order valence-corrected chi connectivity index (χ2v) is 5.35. The van der Waals surface area contributed by atoms with Gasteiger partial charge >= 0.3 is 0 Å². The lowest BCUT2D eigenvalue weighted by atomic mass is 9.96. The topological polar surface area (TPSA) is 20.2 Å². The lowest BCUT2D eigenvalue weighted by Gasteiger charge is -2.15. The Balaban J connectivity index is 2.18. The van der Waals surface area contributed by atoms with Gasteiger partial charge in [-0.05, 0) is 28.0 Å². The maximum Gasteiger partial charge on any atom is 0.105 e. The van der Waals surface area contributed by atoms with E-state index in [1.807, 2.05) is 60.7 Å². The molecule has 0 saturated carbocycles. The van der Waals surface area contributed by atoms with Gasteiger partial charge in [0.05, 0.1) is 0 Å². The molecule has 1 unspecified atom stereocenters. The molecule has 3 aromatic rings. The van der Waals surface area contributed by atoms with Gasteiger partial charge < -0.3 is 5.11 Å². The first kappa shape index (κ1) is 12.4. The Hall–Kier alpha value is -1.64. The Morgan fingerprint density at radius 1 is 0.737 bits per heavy atom. The molecule has 1 nitrogen and oxygen atoms in total. The first-order valence-corrected chi connectivity index (χ1v) is 6.97. The van der Waals surface area contributed by atoms with Crippen LogP contribution in [0.15, 0.2) is 71.2 Å². The Labute approximate surface area is 120 Å². The summed E-state index contributed by atoms with van der Waals surface area (Å²) in [6, 6.07) is 21.8. The molecule has 0 fully saturated rings. The molecule has 94 valence electrons. The number of rotatable bonds is 2. The highest BCUT2D eigenvalue weighted by Crippen LogP contribution is 2.32. The summed E-state index contributed by atoms with van der Waals surface area (Å²) in [4.78, 5) is 0. The van der Waals surface area contributed by atoms with Crippen LogP contribution in [0.2, 0.25) is 0 Å². The van der Waals surface area contributed by atoms with E-state index in [-0.39, 0.29) is 0 Å². The average Bonchev–Trinajstić information content (AvgIpc) is 2.48. The van der Waals surface area contributed by atoms with Gasteiger partial charge in [-0.3, -0.25) is 0 Å². The summed E-state index contributed by atoms with van der Waals surface area (Å²) < 4.78 is 1.05. The van der Waals surface area contributed by atoms with Crippen LogP contribution in [0.4, 0.5) is 0 Å². The maximum atomic E-state index is 10.6. The zero-order valence-electron chi connectivity index (χ0n) is 10.3. The monoisotopic (exact) mass is 312 g/mol. The van der Waals surface area contributed by atoms with E-state index >= 15 is 0 Å². The minimum Gasteiger partial charge on any atom is -0.384 e. The molecule has 0 aliphatic rings. The highest BCUT2D eigenvalue weighted by atomic mass is 79.9. The van der Waals surface area contributed by atoms with E-state index in [9.17, 15) is 5.11 Å². The summed E-state index contributed by atoms with van der Waals surface area (Å²) >= 11 is 3.55. The molecule has 0 heterocycles. The second-order valence-electron chi connectivity index (χ2n) is 4.50. The Kier molecular flexibility index (Phi) is 3.36. The van der Waals surface area contributed by atoms with E-state index in [1.165, 1.54) is 0 Å². The van der Waals surface area contributed by atoms with Crippen LogP contribution in [0.25, 0.3) is 10.8 Å². The van der Waals surface area contributed by atoms with Crippen molar-refractivity contribution < 1.29 is 5.11 Å². The van der Waals surface area contributed by atoms with Gasteiger partial charge in [0.25, 0.3) is 0 Å². The standard InChI is InChI=1S/C17H13BrO/c18-16-11-10-15(13-8-4-5-9-14(13)16)17(19)12-6-2-1-3-7-12/h1-11,17,19H. The molecule has 1 N–H and O–H groups in total. The Morgan fingerprint density at radius 2 is 1.37 bits per heavy atom. The molecule has 0 spiro atoms. The third kappa shape index (κ3) is 2.29. The van der Waals surface area contributed by atoms with Gasteiger partial charge in [0.1, 0.15) is 6.10 Å². The van der Waals surface area contributed by atoms with Crippen LogP contribution in [0.3, 0.4) is 0 Å². The van der Waals surface area contributed by atoms with Crippen molar-refractivity contribution in [3.05, 3.63) is 82.3 Å². The SMILES string of the molecule is OC(c1ccccc1)c1ccc(Br)c2ccccc12. The smallest absolute Gasteiger partial charge is 0.105 e. The molecule has 0 bridgehead atoms. The number of aliphatic hydroxyl groups excluding tert-OH is 1. The number of aliphatic hydroxyl groups is 1. The predicted octanol–water partition coefficient (Wildman–Crippen LogP) is 4.68. The first-order chi connectivity index (χ1) is 9.27. The molecule has 0 aliphatic heterocycles. The van der Waals surface area contributed by atoms with Crippen molar-refractivity contribution in [3.8, 4) is 0 Å². The average molecular weight is 313 g/mol. The molecule has 0 aromatic heterocycles. The van der Waals surface area contributed by atoms with Gasteiger partial charge in [-0.1, -0.05) is 76.6 Å². The lowest BCUT2D eigenvalue weighted by molar-refractivity contribution is 0.222. The van der Waals surface area contributed by atoms with Gasteiger partial charge in [-0.2, -0.15) is 0 Å². The van der Waals surface area contributed by atoms with Crippen LogP contribution in [0, 0.1) is 0 Å². The molecule has 19 heavy (non-hydrogen) atoms. The summed E-state index contributed by atoms with van der Waals surface area (Å²) in [5.41, 5.74) is 1.85. The summed E-state index contributed by atoms with van der Waals surface area (Å²) in [6.45, 7) is 0. The summed E-state index contributed by atoms with van der Waals surface area (Å²) in [5, 5.41) is 12.8. The highest BCUT2D eigenvalue weighted by Gasteiger charge is 2.13. The third-order valence-corrected chi connectivity index (χ3v) is 4.01. The Bertz CT molecular complexity index is 707. The van der Waals surface area contributed by atoms with Crippen LogP contribution in [0.1, 0.15) is 17.2 Å². The fourth-order valence-electron chi connectivity index (χ4n) is 2.34. The lowest BCUT2D eigenvalue weighted by Crippen LogP contribution is -2.00. The van der Waals surface area contributed by atoms with Crippen molar-refractivity contribution >= 4 is 26.7 Å². The number of hydrogen-bond donors (Lipinski definition) is 1. The molecule has 0 radical (unpaired) electrons. The Morgan fingerprint density at radius 3 is 2.11 bits per heavy atom. The van der Waals surface area contributed by atoms with Crippen LogP contribution in [-0.4, -0.2) is 5.11 Å². The van der Waals surface area contributed by atoms with Crippen molar-refractivity contribution in [2.24, 2.45) is 0 Å². The van der Waals surface area contributed by atoms with Crippen LogP contribution in [-0.2, 0) is 0 Å². The van der Waals surface area contributed by atoms with E-state index < -0.39 is 6.10 Å². The van der Waals surface area contributed by atoms with E-state index in [4.69, 9.17) is 0 Å². The highest BCUT2D eigenvalue weighted by molar-refractivity contribution is 9.10. The largest absolute Gasteiger partial charge is 0.384 e. The van der Waals surface area contributed by atoms with Gasteiger partial charge in [0.15, 0.2) is 0 Å². The third-order valence-electron chi connectivity index (χ3n) is 3.31. The van der Waals surface area contributed by atoms with Crippen LogP contribution in [0.5, 0.6) is 0 Å². The summed E-state index contributed by atoms with van der Waals surface area (Å²) in [7, 11) is 0. The zero-order chi connectivity index (χ0) is 13.2. The molecule has 2 heteroatoms. The van der Waals surface area contributed by atoms with E-state index in [2.05, 4.69) is 22.0 Å². The minimum atomic E-state index is -0.598. The van der Waals surface area contributed by atoms with E-state index in [0.717, 1.165) is 26.4 Å². The molecule has 3 aromatic carbocycles. The van der Waals surface area contributed by atoms with Gasteiger partial charge in [0.2, 0.25) is 0 Å². The fourth-order valence-corrected chi connectivity index (χ4v) is 2.82. The molecular weight excluding hydrogens is 300 g/mol. The van der Waals surface area contributed by atoms with Crippen LogP contribution >= 0.6 is 15.9 Å². The van der Waals surface area contributed by atoms with Crippen molar-refractivity contribution in [3.63, 3.8) is 0 Å². The summed E-state index contributed by atoms with van der Waals surface area (Å²) in [5.74, 6) is 0. The van der Waals surface area contributed by atoms with Crippen molar-refractivity contribution in [1.29, 1.82) is 0 Å². The molecule has 0 saturated heterocycles. The van der Waals surface area contributed by atoms with Gasteiger partial charge in [-0.15, -0.1) is 0 Å².